The number of hydrogen-bond acceptors (Lipinski definition) is 3. The molecule has 0 aromatic heterocycles. The quantitative estimate of drug-likeness (QED) is 0.775. The molecule has 2 aromatic rings. The van der Waals surface area contributed by atoms with E-state index in [1.807, 2.05) is 45.9 Å². The molecule has 140 valence electrons. The van der Waals surface area contributed by atoms with Gasteiger partial charge in [0.05, 0.1) is 10.6 Å². The van der Waals surface area contributed by atoms with Crippen LogP contribution in [-0.2, 0) is 16.4 Å². The van der Waals surface area contributed by atoms with Crippen LogP contribution in [0, 0.1) is 12.8 Å². The third-order valence-corrected chi connectivity index (χ3v) is 5.44. The molecule has 1 amide bonds. The Hall–Kier alpha value is -2.34. The van der Waals surface area contributed by atoms with Gasteiger partial charge in [0.15, 0.2) is 0 Å². The molecule has 0 aliphatic carbocycles. The third-order valence-electron chi connectivity index (χ3n) is 4.07. The Morgan fingerprint density at radius 3 is 2.31 bits per heavy atom. The van der Waals surface area contributed by atoms with E-state index in [9.17, 15) is 13.2 Å². The summed E-state index contributed by atoms with van der Waals surface area (Å²) in [5.41, 5.74) is 2.87. The molecule has 2 N–H and O–H groups in total. The van der Waals surface area contributed by atoms with Crippen molar-refractivity contribution in [2.45, 2.75) is 39.0 Å². The van der Waals surface area contributed by atoms with Crippen molar-refractivity contribution in [2.24, 2.45) is 5.92 Å². The number of aryl methyl sites for hydroxylation is 2. The topological polar surface area (TPSA) is 75.3 Å². The van der Waals surface area contributed by atoms with Gasteiger partial charge in [-0.2, -0.15) is 0 Å². The highest BCUT2D eigenvalue weighted by atomic mass is 32.2. The maximum absolute atomic E-state index is 12.7. The molecule has 0 aliphatic heterocycles. The zero-order valence-corrected chi connectivity index (χ0v) is 16.5. The van der Waals surface area contributed by atoms with Gasteiger partial charge in [-0.05, 0) is 54.7 Å². The summed E-state index contributed by atoms with van der Waals surface area (Å²) < 4.78 is 28.1. The zero-order chi connectivity index (χ0) is 19.3. The Kier molecular flexibility index (Phi) is 6.42. The van der Waals surface area contributed by atoms with E-state index in [0.717, 1.165) is 17.5 Å². The number of benzene rings is 2. The Morgan fingerprint density at radius 1 is 1.08 bits per heavy atom. The number of carbonyl (C=O) groups is 1. The fraction of sp³-hybridized carbons (Fsp3) is 0.350. The van der Waals surface area contributed by atoms with Gasteiger partial charge in [0, 0.05) is 12.1 Å². The summed E-state index contributed by atoms with van der Waals surface area (Å²) in [6.07, 6.45) is 0.731. The predicted molar refractivity (Wildman–Crippen MR) is 105 cm³/mol. The van der Waals surface area contributed by atoms with E-state index in [1.54, 1.807) is 0 Å². The van der Waals surface area contributed by atoms with E-state index in [2.05, 4.69) is 10.0 Å². The average molecular weight is 375 g/mol. The highest BCUT2D eigenvalue weighted by Gasteiger charge is 2.17. The summed E-state index contributed by atoms with van der Waals surface area (Å²) >= 11 is 0. The summed E-state index contributed by atoms with van der Waals surface area (Å²) in [6.45, 7) is 8.46. The highest BCUT2D eigenvalue weighted by Crippen LogP contribution is 2.24. The van der Waals surface area contributed by atoms with Crippen LogP contribution in [0.2, 0.25) is 0 Å². The lowest BCUT2D eigenvalue weighted by Crippen LogP contribution is -2.27. The molecule has 6 heteroatoms. The van der Waals surface area contributed by atoms with Gasteiger partial charge in [-0.1, -0.05) is 39.0 Å². The Balaban J connectivity index is 2.21. The molecule has 0 saturated heterocycles. The largest absolute Gasteiger partial charge is 0.352 e. The lowest BCUT2D eigenvalue weighted by atomic mass is 10.1. The van der Waals surface area contributed by atoms with Crippen molar-refractivity contribution in [2.75, 3.05) is 11.3 Å². The second-order valence-electron chi connectivity index (χ2n) is 6.70. The van der Waals surface area contributed by atoms with Crippen LogP contribution in [0.5, 0.6) is 0 Å². The van der Waals surface area contributed by atoms with Crippen LogP contribution in [-0.4, -0.2) is 20.9 Å². The van der Waals surface area contributed by atoms with Gasteiger partial charge in [0.25, 0.3) is 15.9 Å². The molecule has 0 radical (unpaired) electrons. The van der Waals surface area contributed by atoms with Gasteiger partial charge < -0.3 is 5.32 Å². The second-order valence-corrected chi connectivity index (χ2v) is 8.38. The van der Waals surface area contributed by atoms with Crippen LogP contribution in [0.1, 0.15) is 42.3 Å². The number of sulfonamides is 1. The number of rotatable bonds is 7. The standard InChI is InChI=1S/C20H26N2O3S/c1-5-16-8-6-7-15(4)19(16)22-26(24,25)18-11-9-17(10-12-18)20(23)21-13-14(2)3/h6-12,14,22H,5,13H2,1-4H3,(H,21,23). The Labute approximate surface area is 155 Å². The van der Waals surface area contributed by atoms with Gasteiger partial charge in [0.1, 0.15) is 0 Å². The molecule has 0 spiro atoms. The average Bonchev–Trinajstić information content (AvgIpc) is 2.61. The van der Waals surface area contributed by atoms with Crippen LogP contribution < -0.4 is 10.0 Å². The SMILES string of the molecule is CCc1cccc(C)c1NS(=O)(=O)c1ccc(C(=O)NCC(C)C)cc1. The van der Waals surface area contributed by atoms with E-state index >= 15 is 0 Å². The van der Waals surface area contributed by atoms with Gasteiger partial charge in [-0.25, -0.2) is 8.42 Å². The minimum Gasteiger partial charge on any atom is -0.352 e. The summed E-state index contributed by atoms with van der Waals surface area (Å²) in [7, 11) is -3.72. The maximum atomic E-state index is 12.7. The zero-order valence-electron chi connectivity index (χ0n) is 15.7. The molecule has 0 bridgehead atoms. The number of nitrogens with one attached hydrogen (secondary N) is 2. The van der Waals surface area contributed by atoms with Crippen LogP contribution in [0.3, 0.4) is 0 Å². The fourth-order valence-electron chi connectivity index (χ4n) is 2.55. The third kappa shape index (κ3) is 4.85. The van der Waals surface area contributed by atoms with E-state index in [4.69, 9.17) is 0 Å². The number of anilines is 1. The Morgan fingerprint density at radius 2 is 1.73 bits per heavy atom. The van der Waals surface area contributed by atoms with E-state index in [0.29, 0.717) is 23.7 Å². The lowest BCUT2D eigenvalue weighted by molar-refractivity contribution is 0.0949. The number of amides is 1. The van der Waals surface area contributed by atoms with Crippen molar-refractivity contribution < 1.29 is 13.2 Å². The lowest BCUT2D eigenvalue weighted by Gasteiger charge is -2.14. The minimum atomic E-state index is -3.72. The summed E-state index contributed by atoms with van der Waals surface area (Å²) in [6, 6.07) is 11.7. The Bertz CT molecular complexity index is 872. The van der Waals surface area contributed by atoms with Gasteiger partial charge in [0.2, 0.25) is 0 Å². The number of hydrogen-bond donors (Lipinski definition) is 2. The minimum absolute atomic E-state index is 0.128. The smallest absolute Gasteiger partial charge is 0.261 e. The monoisotopic (exact) mass is 374 g/mol. The molecule has 0 aliphatic rings. The van der Waals surface area contributed by atoms with Crippen molar-refractivity contribution in [3.05, 3.63) is 59.2 Å². The molecular weight excluding hydrogens is 348 g/mol. The van der Waals surface area contributed by atoms with Crippen molar-refractivity contribution in [1.82, 2.24) is 5.32 Å². The first-order valence-electron chi connectivity index (χ1n) is 8.74. The number of para-hydroxylation sites is 1. The van der Waals surface area contributed by atoms with Crippen LogP contribution in [0.4, 0.5) is 5.69 Å². The molecule has 0 saturated carbocycles. The normalized spacial score (nSPS) is 11.4. The van der Waals surface area contributed by atoms with E-state index < -0.39 is 10.0 Å². The molecular formula is C20H26N2O3S. The first-order valence-corrected chi connectivity index (χ1v) is 10.2. The predicted octanol–water partition coefficient (Wildman–Crippen LogP) is 3.74. The van der Waals surface area contributed by atoms with E-state index in [1.165, 1.54) is 24.3 Å². The summed E-state index contributed by atoms with van der Waals surface area (Å²) in [5, 5.41) is 2.81. The van der Waals surface area contributed by atoms with Crippen molar-refractivity contribution >= 4 is 21.6 Å². The van der Waals surface area contributed by atoms with Crippen molar-refractivity contribution in [1.29, 1.82) is 0 Å². The van der Waals surface area contributed by atoms with E-state index in [-0.39, 0.29) is 10.8 Å². The van der Waals surface area contributed by atoms with Crippen LogP contribution in [0.15, 0.2) is 47.4 Å². The first-order chi connectivity index (χ1) is 12.2. The number of carbonyl (C=O) groups excluding carboxylic acids is 1. The highest BCUT2D eigenvalue weighted by molar-refractivity contribution is 7.92. The molecule has 5 nitrogen and oxygen atoms in total. The van der Waals surface area contributed by atoms with Crippen LogP contribution >= 0.6 is 0 Å². The van der Waals surface area contributed by atoms with Gasteiger partial charge in [-0.3, -0.25) is 9.52 Å². The summed E-state index contributed by atoms with van der Waals surface area (Å²) in [5.74, 6) is 0.146. The molecule has 26 heavy (non-hydrogen) atoms. The molecule has 2 rings (SSSR count). The molecule has 0 unspecified atom stereocenters. The van der Waals surface area contributed by atoms with Gasteiger partial charge >= 0.3 is 0 Å². The molecule has 0 atom stereocenters. The maximum Gasteiger partial charge on any atom is 0.261 e. The summed E-state index contributed by atoms with van der Waals surface area (Å²) in [4.78, 5) is 12.2. The first kappa shape index (κ1) is 20.0. The van der Waals surface area contributed by atoms with Crippen molar-refractivity contribution in [3.8, 4) is 0 Å². The van der Waals surface area contributed by atoms with Gasteiger partial charge in [-0.15, -0.1) is 0 Å². The second kappa shape index (κ2) is 8.36. The fourth-order valence-corrected chi connectivity index (χ4v) is 3.72. The molecule has 0 fully saturated rings. The molecule has 0 heterocycles. The van der Waals surface area contributed by atoms with Crippen molar-refractivity contribution in [3.63, 3.8) is 0 Å². The van der Waals surface area contributed by atoms with Crippen LogP contribution in [0.25, 0.3) is 0 Å². The molecule has 2 aromatic carbocycles.